The Morgan fingerprint density at radius 3 is 2.15 bits per heavy atom. The number of alkyl halides is 3. The topological polar surface area (TPSA) is 26.3 Å². The molecule has 0 heterocycles. The first-order valence-electron chi connectivity index (χ1n) is 4.04. The van der Waals surface area contributed by atoms with E-state index in [0.29, 0.717) is 0 Å². The van der Waals surface area contributed by atoms with Crippen LogP contribution in [0.15, 0.2) is 0 Å². The molecule has 0 radical (unpaired) electrons. The number of carbonyl (C=O) groups is 1. The normalized spacial score (nSPS) is 16.8. The zero-order chi connectivity index (χ0) is 10.6. The maximum absolute atomic E-state index is 11.9. The van der Waals surface area contributed by atoms with Crippen LogP contribution in [0.25, 0.3) is 0 Å². The predicted octanol–water partition coefficient (Wildman–Crippen LogP) is 2.32. The number of ether oxygens (including phenoxy) is 1. The highest BCUT2D eigenvalue weighted by molar-refractivity contribution is 5.82. The number of Topliss-reactive ketones (excluding diaryl/α,β-unsaturated/α-hetero) is 1. The van der Waals surface area contributed by atoms with Gasteiger partial charge in [0, 0.05) is 6.42 Å². The van der Waals surface area contributed by atoms with Gasteiger partial charge < -0.3 is 4.74 Å². The third-order valence-corrected chi connectivity index (χ3v) is 1.67. The van der Waals surface area contributed by atoms with Crippen molar-refractivity contribution in [2.75, 3.05) is 0 Å². The molecule has 13 heavy (non-hydrogen) atoms. The van der Waals surface area contributed by atoms with E-state index in [9.17, 15) is 18.0 Å². The van der Waals surface area contributed by atoms with Gasteiger partial charge in [0.05, 0.1) is 0 Å². The molecular formula is C8H13F3O2. The van der Waals surface area contributed by atoms with Crippen molar-refractivity contribution in [1.82, 2.24) is 0 Å². The minimum Gasteiger partial charge on any atom is -0.358 e. The van der Waals surface area contributed by atoms with Crippen molar-refractivity contribution in [3.05, 3.63) is 0 Å². The Labute approximate surface area is 75.1 Å². The van der Waals surface area contributed by atoms with E-state index < -0.39 is 18.4 Å². The molecular weight excluding hydrogens is 185 g/mol. The summed E-state index contributed by atoms with van der Waals surface area (Å²) in [6, 6.07) is 0. The lowest BCUT2D eigenvalue weighted by molar-refractivity contribution is -0.223. The van der Waals surface area contributed by atoms with E-state index in [1.807, 2.05) is 0 Å². The molecule has 0 aromatic heterocycles. The number of carbonyl (C=O) groups excluding carboxylic acids is 1. The molecule has 2 atom stereocenters. The van der Waals surface area contributed by atoms with Crippen molar-refractivity contribution in [1.29, 1.82) is 0 Å². The Morgan fingerprint density at radius 1 is 1.38 bits per heavy atom. The van der Waals surface area contributed by atoms with Gasteiger partial charge in [-0.25, -0.2) is 0 Å². The van der Waals surface area contributed by atoms with Gasteiger partial charge in [-0.05, 0) is 13.8 Å². The molecule has 0 N–H and O–H groups in total. The van der Waals surface area contributed by atoms with Crippen molar-refractivity contribution >= 4 is 5.78 Å². The first-order valence-corrected chi connectivity index (χ1v) is 4.04. The van der Waals surface area contributed by atoms with Crippen molar-refractivity contribution in [2.24, 2.45) is 0 Å². The van der Waals surface area contributed by atoms with E-state index in [2.05, 4.69) is 4.74 Å². The van der Waals surface area contributed by atoms with E-state index in [1.165, 1.54) is 6.92 Å². The third-order valence-electron chi connectivity index (χ3n) is 1.67. The van der Waals surface area contributed by atoms with E-state index in [0.717, 1.165) is 6.92 Å². The highest BCUT2D eigenvalue weighted by Gasteiger charge is 2.38. The van der Waals surface area contributed by atoms with Crippen molar-refractivity contribution < 1.29 is 22.7 Å². The van der Waals surface area contributed by atoms with Crippen LogP contribution >= 0.6 is 0 Å². The Balaban J connectivity index is 4.06. The Bertz CT molecular complexity index is 177. The molecule has 0 aromatic carbocycles. The average molecular weight is 198 g/mol. The first-order chi connectivity index (χ1) is 5.79. The van der Waals surface area contributed by atoms with E-state index in [-0.39, 0.29) is 12.2 Å². The second-order valence-electron chi connectivity index (χ2n) is 2.78. The lowest BCUT2D eigenvalue weighted by Gasteiger charge is -2.20. The van der Waals surface area contributed by atoms with Gasteiger partial charge in [0.1, 0.15) is 6.10 Å². The quantitative estimate of drug-likeness (QED) is 0.692. The van der Waals surface area contributed by atoms with Gasteiger partial charge in [0.15, 0.2) is 11.9 Å². The summed E-state index contributed by atoms with van der Waals surface area (Å²) < 4.78 is 40.3. The molecule has 0 saturated carbocycles. The molecule has 0 bridgehead atoms. The molecule has 0 aliphatic carbocycles. The first kappa shape index (κ1) is 12.4. The highest BCUT2D eigenvalue weighted by Crippen LogP contribution is 2.23. The van der Waals surface area contributed by atoms with Crippen LogP contribution in [0.3, 0.4) is 0 Å². The van der Waals surface area contributed by atoms with Crippen LogP contribution in [0.1, 0.15) is 27.2 Å². The summed E-state index contributed by atoms with van der Waals surface area (Å²) >= 11 is 0. The molecule has 5 heteroatoms. The van der Waals surface area contributed by atoms with Crippen molar-refractivity contribution in [2.45, 2.75) is 45.6 Å². The number of halogens is 3. The minimum atomic E-state index is -4.40. The van der Waals surface area contributed by atoms with Crippen LogP contribution in [0.2, 0.25) is 0 Å². The van der Waals surface area contributed by atoms with E-state index >= 15 is 0 Å². The zero-order valence-electron chi connectivity index (χ0n) is 7.81. The third kappa shape index (κ3) is 4.26. The molecule has 0 aromatic rings. The molecule has 0 fully saturated rings. The molecule has 0 saturated heterocycles. The molecule has 78 valence electrons. The molecule has 0 aliphatic heterocycles. The van der Waals surface area contributed by atoms with Crippen LogP contribution in [0.4, 0.5) is 13.2 Å². The standard InChI is InChI=1S/C8H13F3O2/c1-4-7(12)5(2)13-6(3)8(9,10)11/h5-6H,4H2,1-3H3. The fourth-order valence-corrected chi connectivity index (χ4v) is 0.747. The van der Waals surface area contributed by atoms with Gasteiger partial charge in [-0.3, -0.25) is 4.79 Å². The predicted molar refractivity (Wildman–Crippen MR) is 41.4 cm³/mol. The Morgan fingerprint density at radius 2 is 1.85 bits per heavy atom. The monoisotopic (exact) mass is 198 g/mol. The van der Waals surface area contributed by atoms with Gasteiger partial charge in [-0.15, -0.1) is 0 Å². The van der Waals surface area contributed by atoms with Crippen molar-refractivity contribution in [3.63, 3.8) is 0 Å². The fraction of sp³-hybridized carbons (Fsp3) is 0.875. The molecule has 0 amide bonds. The summed E-state index contributed by atoms with van der Waals surface area (Å²) in [6.07, 6.45) is -7.09. The molecule has 2 unspecified atom stereocenters. The van der Waals surface area contributed by atoms with Crippen LogP contribution in [-0.2, 0) is 9.53 Å². The summed E-state index contributed by atoms with van der Waals surface area (Å²) in [5.41, 5.74) is 0. The van der Waals surface area contributed by atoms with Gasteiger partial charge in [0.2, 0.25) is 0 Å². The fourth-order valence-electron chi connectivity index (χ4n) is 0.747. The summed E-state index contributed by atoms with van der Waals surface area (Å²) in [7, 11) is 0. The molecule has 0 rings (SSSR count). The van der Waals surface area contributed by atoms with Crippen LogP contribution in [0.5, 0.6) is 0 Å². The molecule has 0 aliphatic rings. The second kappa shape index (κ2) is 4.60. The molecule has 0 spiro atoms. The van der Waals surface area contributed by atoms with Gasteiger partial charge in [0.25, 0.3) is 0 Å². The maximum atomic E-state index is 11.9. The Hall–Kier alpha value is -0.580. The number of ketones is 1. The zero-order valence-corrected chi connectivity index (χ0v) is 7.81. The lowest BCUT2D eigenvalue weighted by Crippen LogP contribution is -2.34. The lowest BCUT2D eigenvalue weighted by atomic mass is 10.2. The SMILES string of the molecule is CCC(=O)C(C)OC(C)C(F)(F)F. The number of rotatable bonds is 4. The maximum Gasteiger partial charge on any atom is 0.414 e. The van der Waals surface area contributed by atoms with Gasteiger partial charge >= 0.3 is 6.18 Å². The van der Waals surface area contributed by atoms with E-state index in [4.69, 9.17) is 0 Å². The highest BCUT2D eigenvalue weighted by atomic mass is 19.4. The summed E-state index contributed by atoms with van der Waals surface area (Å²) in [4.78, 5) is 10.9. The number of hydrogen-bond donors (Lipinski definition) is 0. The van der Waals surface area contributed by atoms with Crippen LogP contribution < -0.4 is 0 Å². The second-order valence-corrected chi connectivity index (χ2v) is 2.78. The average Bonchev–Trinajstić information content (AvgIpc) is 2.01. The van der Waals surface area contributed by atoms with Crippen molar-refractivity contribution in [3.8, 4) is 0 Å². The van der Waals surface area contributed by atoms with E-state index in [1.54, 1.807) is 6.92 Å². The summed E-state index contributed by atoms with van der Waals surface area (Å²) in [5, 5.41) is 0. The largest absolute Gasteiger partial charge is 0.414 e. The minimum absolute atomic E-state index is 0.186. The summed E-state index contributed by atoms with van der Waals surface area (Å²) in [6.45, 7) is 3.80. The smallest absolute Gasteiger partial charge is 0.358 e. The molecule has 2 nitrogen and oxygen atoms in total. The van der Waals surface area contributed by atoms with Crippen LogP contribution in [-0.4, -0.2) is 24.2 Å². The van der Waals surface area contributed by atoms with Crippen LogP contribution in [0, 0.1) is 0 Å². The van der Waals surface area contributed by atoms with Gasteiger partial charge in [-0.2, -0.15) is 13.2 Å². The summed E-state index contributed by atoms with van der Waals surface area (Å²) in [5.74, 6) is -0.323. The Kier molecular flexibility index (Phi) is 4.39. The van der Waals surface area contributed by atoms with Gasteiger partial charge in [-0.1, -0.05) is 6.92 Å². The number of hydrogen-bond acceptors (Lipinski definition) is 2.